The standard InChI is InChI=1S/C12H14N2O3S/c13-7-10-1-3-11(4-2-10)9-18(16,17)14-6-5-12(15)8-14/h1-4,12,15H,5-6,8-9H2/t12-/m1/s1. The van der Waals surface area contributed by atoms with Crippen LogP contribution in [0.3, 0.4) is 0 Å². The molecule has 0 bridgehead atoms. The monoisotopic (exact) mass is 266 g/mol. The van der Waals surface area contributed by atoms with Crippen molar-refractivity contribution in [1.29, 1.82) is 5.26 Å². The minimum atomic E-state index is -3.38. The number of nitriles is 1. The minimum Gasteiger partial charge on any atom is -0.392 e. The van der Waals surface area contributed by atoms with E-state index in [4.69, 9.17) is 5.26 Å². The summed E-state index contributed by atoms with van der Waals surface area (Å²) in [7, 11) is -3.38. The fourth-order valence-corrected chi connectivity index (χ4v) is 3.52. The van der Waals surface area contributed by atoms with Crippen LogP contribution in [-0.4, -0.2) is 37.0 Å². The number of aliphatic hydroxyl groups excluding tert-OH is 1. The number of rotatable bonds is 3. The van der Waals surface area contributed by atoms with E-state index in [-0.39, 0.29) is 12.3 Å². The zero-order valence-corrected chi connectivity index (χ0v) is 10.6. The SMILES string of the molecule is N#Cc1ccc(CS(=O)(=O)N2CC[C@@H](O)C2)cc1. The molecule has 0 saturated carbocycles. The van der Waals surface area contributed by atoms with Crippen molar-refractivity contribution < 1.29 is 13.5 Å². The molecule has 1 heterocycles. The van der Waals surface area contributed by atoms with E-state index in [0.29, 0.717) is 24.1 Å². The van der Waals surface area contributed by atoms with E-state index in [1.807, 2.05) is 6.07 Å². The maximum atomic E-state index is 12.1. The highest BCUT2D eigenvalue weighted by atomic mass is 32.2. The lowest BCUT2D eigenvalue weighted by atomic mass is 10.2. The van der Waals surface area contributed by atoms with Crippen LogP contribution in [0, 0.1) is 11.3 Å². The zero-order valence-electron chi connectivity index (χ0n) is 9.78. The largest absolute Gasteiger partial charge is 0.392 e. The lowest BCUT2D eigenvalue weighted by Gasteiger charge is -2.15. The fourth-order valence-electron chi connectivity index (χ4n) is 1.94. The van der Waals surface area contributed by atoms with Crippen LogP contribution in [0.2, 0.25) is 0 Å². The second-order valence-electron chi connectivity index (χ2n) is 4.37. The molecule has 0 spiro atoms. The smallest absolute Gasteiger partial charge is 0.218 e. The molecule has 18 heavy (non-hydrogen) atoms. The molecule has 1 aromatic rings. The Morgan fingerprint density at radius 2 is 2.06 bits per heavy atom. The van der Waals surface area contributed by atoms with E-state index in [2.05, 4.69) is 0 Å². The Hall–Kier alpha value is -1.42. The number of hydrogen-bond donors (Lipinski definition) is 1. The van der Waals surface area contributed by atoms with Crippen LogP contribution < -0.4 is 0 Å². The lowest BCUT2D eigenvalue weighted by molar-refractivity contribution is 0.189. The van der Waals surface area contributed by atoms with Crippen LogP contribution in [0.25, 0.3) is 0 Å². The first-order valence-electron chi connectivity index (χ1n) is 5.66. The third-order valence-corrected chi connectivity index (χ3v) is 4.77. The van der Waals surface area contributed by atoms with Crippen LogP contribution in [0.1, 0.15) is 17.5 Å². The van der Waals surface area contributed by atoms with Gasteiger partial charge in [0.1, 0.15) is 0 Å². The normalized spacial score (nSPS) is 20.8. The summed E-state index contributed by atoms with van der Waals surface area (Å²) in [5.74, 6) is -0.0918. The minimum absolute atomic E-state index is 0.0918. The number of hydrogen-bond acceptors (Lipinski definition) is 4. The van der Waals surface area contributed by atoms with Crippen LogP contribution in [0.4, 0.5) is 0 Å². The van der Waals surface area contributed by atoms with E-state index in [0.717, 1.165) is 0 Å². The average Bonchev–Trinajstić information content (AvgIpc) is 2.77. The van der Waals surface area contributed by atoms with Gasteiger partial charge in [-0.15, -0.1) is 0 Å². The van der Waals surface area contributed by atoms with Gasteiger partial charge in [0.25, 0.3) is 0 Å². The van der Waals surface area contributed by atoms with E-state index < -0.39 is 16.1 Å². The lowest BCUT2D eigenvalue weighted by Crippen LogP contribution is -2.30. The second-order valence-corrected chi connectivity index (χ2v) is 6.33. The number of nitrogens with zero attached hydrogens (tertiary/aromatic N) is 2. The molecule has 1 aromatic carbocycles. The molecule has 96 valence electrons. The summed E-state index contributed by atoms with van der Waals surface area (Å²) in [5.41, 5.74) is 1.16. The van der Waals surface area contributed by atoms with Crippen molar-refractivity contribution in [2.24, 2.45) is 0 Å². The van der Waals surface area contributed by atoms with E-state index in [9.17, 15) is 13.5 Å². The van der Waals surface area contributed by atoms with Crippen LogP contribution in [0.15, 0.2) is 24.3 Å². The van der Waals surface area contributed by atoms with Gasteiger partial charge < -0.3 is 5.11 Å². The molecular weight excluding hydrogens is 252 g/mol. The number of β-amino-alcohol motifs (C(OH)–C–C–N with tert-alkyl or cyclic N) is 1. The Labute approximate surface area is 106 Å². The van der Waals surface area contributed by atoms with Gasteiger partial charge in [0.05, 0.1) is 23.5 Å². The highest BCUT2D eigenvalue weighted by Gasteiger charge is 2.30. The van der Waals surface area contributed by atoms with Crippen LogP contribution in [0.5, 0.6) is 0 Å². The molecule has 1 aliphatic rings. The molecule has 2 rings (SSSR count). The van der Waals surface area contributed by atoms with Gasteiger partial charge in [0.2, 0.25) is 10.0 Å². The van der Waals surface area contributed by atoms with Gasteiger partial charge in [0.15, 0.2) is 0 Å². The van der Waals surface area contributed by atoms with Gasteiger partial charge in [-0.3, -0.25) is 0 Å². The van der Waals surface area contributed by atoms with Crippen molar-refractivity contribution in [1.82, 2.24) is 4.31 Å². The summed E-state index contributed by atoms with van der Waals surface area (Å²) >= 11 is 0. The summed E-state index contributed by atoms with van der Waals surface area (Å²) in [4.78, 5) is 0. The summed E-state index contributed by atoms with van der Waals surface area (Å²) in [6.07, 6.45) is -0.0622. The number of aliphatic hydroxyl groups is 1. The number of sulfonamides is 1. The Kier molecular flexibility index (Phi) is 3.66. The first-order valence-corrected chi connectivity index (χ1v) is 7.27. The summed E-state index contributed by atoms with van der Waals surface area (Å²) in [6, 6.07) is 8.47. The maximum Gasteiger partial charge on any atom is 0.218 e. The molecule has 0 amide bonds. The van der Waals surface area contributed by atoms with Gasteiger partial charge in [-0.05, 0) is 24.1 Å². The topological polar surface area (TPSA) is 81.4 Å². The molecule has 1 fully saturated rings. The quantitative estimate of drug-likeness (QED) is 0.861. The zero-order chi connectivity index (χ0) is 13.2. The van der Waals surface area contributed by atoms with Gasteiger partial charge in [-0.2, -0.15) is 9.57 Å². The Morgan fingerprint density at radius 3 is 2.56 bits per heavy atom. The first-order chi connectivity index (χ1) is 8.51. The molecule has 6 heteroatoms. The molecule has 0 unspecified atom stereocenters. The molecule has 1 aliphatic heterocycles. The van der Waals surface area contributed by atoms with E-state index in [1.54, 1.807) is 24.3 Å². The fraction of sp³-hybridized carbons (Fsp3) is 0.417. The summed E-state index contributed by atoms with van der Waals surface area (Å²) < 4.78 is 25.4. The van der Waals surface area contributed by atoms with Crippen molar-refractivity contribution in [2.75, 3.05) is 13.1 Å². The molecule has 0 aliphatic carbocycles. The second kappa shape index (κ2) is 5.06. The van der Waals surface area contributed by atoms with Crippen molar-refractivity contribution in [2.45, 2.75) is 18.3 Å². The van der Waals surface area contributed by atoms with E-state index in [1.165, 1.54) is 4.31 Å². The van der Waals surface area contributed by atoms with Crippen molar-refractivity contribution in [3.63, 3.8) is 0 Å². The predicted octanol–water partition coefficient (Wildman–Crippen LogP) is 0.455. The summed E-state index contributed by atoms with van der Waals surface area (Å²) in [5, 5.41) is 18.0. The molecule has 0 radical (unpaired) electrons. The highest BCUT2D eigenvalue weighted by Crippen LogP contribution is 2.17. The summed E-state index contributed by atoms with van der Waals surface area (Å²) in [6.45, 7) is 0.554. The van der Waals surface area contributed by atoms with Gasteiger partial charge in [-0.25, -0.2) is 8.42 Å². The van der Waals surface area contributed by atoms with Crippen LogP contribution >= 0.6 is 0 Å². The molecule has 1 N–H and O–H groups in total. The van der Waals surface area contributed by atoms with E-state index >= 15 is 0 Å². The Bertz CT molecular complexity index is 560. The molecule has 1 atom stereocenters. The number of benzene rings is 1. The Balaban J connectivity index is 2.10. The van der Waals surface area contributed by atoms with Gasteiger partial charge in [-0.1, -0.05) is 12.1 Å². The third kappa shape index (κ3) is 2.88. The molecule has 0 aromatic heterocycles. The molecule has 5 nitrogen and oxygen atoms in total. The Morgan fingerprint density at radius 1 is 1.39 bits per heavy atom. The van der Waals surface area contributed by atoms with Gasteiger partial charge in [0, 0.05) is 13.1 Å². The molecule has 1 saturated heterocycles. The van der Waals surface area contributed by atoms with Crippen LogP contribution in [-0.2, 0) is 15.8 Å². The predicted molar refractivity (Wildman–Crippen MR) is 66.0 cm³/mol. The van der Waals surface area contributed by atoms with Crippen molar-refractivity contribution in [3.8, 4) is 6.07 Å². The van der Waals surface area contributed by atoms with Crippen molar-refractivity contribution >= 4 is 10.0 Å². The van der Waals surface area contributed by atoms with Gasteiger partial charge >= 0.3 is 0 Å². The first kappa shape index (κ1) is 13.0. The average molecular weight is 266 g/mol. The van der Waals surface area contributed by atoms with Crippen molar-refractivity contribution in [3.05, 3.63) is 35.4 Å². The highest BCUT2D eigenvalue weighted by molar-refractivity contribution is 7.88. The maximum absolute atomic E-state index is 12.1. The third-order valence-electron chi connectivity index (χ3n) is 2.95. The molecular formula is C12H14N2O3S.